The van der Waals surface area contributed by atoms with Gasteiger partial charge in [0.2, 0.25) is 5.91 Å². The lowest BCUT2D eigenvalue weighted by atomic mass is 10.0. The molecule has 0 bridgehead atoms. The maximum atomic E-state index is 12.6. The van der Waals surface area contributed by atoms with Gasteiger partial charge in [0.1, 0.15) is 0 Å². The highest BCUT2D eigenvalue weighted by Gasteiger charge is 2.35. The number of piperidine rings is 1. The molecule has 0 spiro atoms. The summed E-state index contributed by atoms with van der Waals surface area (Å²) in [6, 6.07) is 1.67. The first-order valence-corrected chi connectivity index (χ1v) is 8.52. The van der Waals surface area contributed by atoms with E-state index in [4.69, 9.17) is 0 Å². The van der Waals surface area contributed by atoms with Crippen LogP contribution in [0.25, 0.3) is 0 Å². The highest BCUT2D eigenvalue weighted by Crippen LogP contribution is 2.25. The van der Waals surface area contributed by atoms with Crippen LogP contribution >= 0.6 is 0 Å². The lowest BCUT2D eigenvalue weighted by Crippen LogP contribution is -2.51. The van der Waals surface area contributed by atoms with Gasteiger partial charge in [-0.05, 0) is 65.0 Å². The summed E-state index contributed by atoms with van der Waals surface area (Å²) in [4.78, 5) is 17.2. The molecular formula is C16H29N3O. The van der Waals surface area contributed by atoms with E-state index < -0.39 is 0 Å². The fraction of sp³-hybridized carbons (Fsp3) is 0.938. The summed E-state index contributed by atoms with van der Waals surface area (Å²) in [5.74, 6) is 0.363. The van der Waals surface area contributed by atoms with Gasteiger partial charge in [-0.2, -0.15) is 0 Å². The van der Waals surface area contributed by atoms with E-state index in [1.165, 1.54) is 44.9 Å². The molecular weight excluding hydrogens is 250 g/mol. The Balaban J connectivity index is 1.56. The molecule has 1 amide bonds. The molecule has 1 N–H and O–H groups in total. The first-order valence-electron chi connectivity index (χ1n) is 8.52. The van der Waals surface area contributed by atoms with Crippen molar-refractivity contribution in [1.82, 2.24) is 15.1 Å². The van der Waals surface area contributed by atoms with E-state index in [9.17, 15) is 4.79 Å². The molecule has 3 fully saturated rings. The van der Waals surface area contributed by atoms with Crippen LogP contribution in [0.4, 0.5) is 0 Å². The van der Waals surface area contributed by atoms with Crippen molar-refractivity contribution in [3.05, 3.63) is 0 Å². The number of carbonyl (C=O) groups is 1. The number of amides is 1. The Hall–Kier alpha value is -0.610. The standard InChI is InChI=1S/C16H29N3O/c1-13-6-2-3-11-19(13)16(20)12-18-10-5-8-15(18)14-7-4-9-17-14/h13-15,17H,2-12H2,1H3. The summed E-state index contributed by atoms with van der Waals surface area (Å²) in [5.41, 5.74) is 0. The minimum atomic E-state index is 0.363. The summed E-state index contributed by atoms with van der Waals surface area (Å²) in [5, 5.41) is 3.62. The fourth-order valence-corrected chi connectivity index (χ4v) is 4.28. The van der Waals surface area contributed by atoms with Crippen molar-refractivity contribution in [3.63, 3.8) is 0 Å². The van der Waals surface area contributed by atoms with E-state index >= 15 is 0 Å². The number of nitrogens with zero attached hydrogens (tertiary/aromatic N) is 2. The predicted molar refractivity (Wildman–Crippen MR) is 80.6 cm³/mol. The van der Waals surface area contributed by atoms with Crippen LogP contribution in [-0.4, -0.2) is 60.0 Å². The van der Waals surface area contributed by atoms with Gasteiger partial charge in [-0.1, -0.05) is 0 Å². The zero-order chi connectivity index (χ0) is 13.9. The highest BCUT2D eigenvalue weighted by molar-refractivity contribution is 5.78. The molecule has 3 heterocycles. The van der Waals surface area contributed by atoms with Crippen LogP contribution in [0.3, 0.4) is 0 Å². The van der Waals surface area contributed by atoms with Crippen molar-refractivity contribution in [3.8, 4) is 0 Å². The number of nitrogens with one attached hydrogen (secondary N) is 1. The molecule has 3 aliphatic rings. The first kappa shape index (κ1) is 14.3. The van der Waals surface area contributed by atoms with Gasteiger partial charge in [0.15, 0.2) is 0 Å². The number of hydrogen-bond acceptors (Lipinski definition) is 3. The summed E-state index contributed by atoms with van der Waals surface area (Å²) >= 11 is 0. The van der Waals surface area contributed by atoms with Crippen molar-refractivity contribution in [2.75, 3.05) is 26.2 Å². The highest BCUT2D eigenvalue weighted by atomic mass is 16.2. The van der Waals surface area contributed by atoms with E-state index in [0.29, 0.717) is 30.6 Å². The molecule has 3 rings (SSSR count). The third-order valence-corrected chi connectivity index (χ3v) is 5.44. The Kier molecular flexibility index (Phi) is 4.61. The van der Waals surface area contributed by atoms with E-state index in [2.05, 4.69) is 22.0 Å². The van der Waals surface area contributed by atoms with Crippen LogP contribution in [0, 0.1) is 0 Å². The Bertz CT molecular complexity index is 341. The van der Waals surface area contributed by atoms with Crippen molar-refractivity contribution in [2.24, 2.45) is 0 Å². The molecule has 0 aromatic heterocycles. The van der Waals surface area contributed by atoms with Gasteiger partial charge in [0.25, 0.3) is 0 Å². The molecule has 3 unspecified atom stereocenters. The van der Waals surface area contributed by atoms with Gasteiger partial charge in [-0.25, -0.2) is 0 Å². The van der Waals surface area contributed by atoms with Crippen molar-refractivity contribution in [1.29, 1.82) is 0 Å². The zero-order valence-electron chi connectivity index (χ0n) is 12.8. The second-order valence-electron chi connectivity index (χ2n) is 6.81. The van der Waals surface area contributed by atoms with Gasteiger partial charge >= 0.3 is 0 Å². The molecule has 3 atom stereocenters. The topological polar surface area (TPSA) is 35.6 Å². The largest absolute Gasteiger partial charge is 0.339 e. The van der Waals surface area contributed by atoms with Gasteiger partial charge in [-0.15, -0.1) is 0 Å². The summed E-state index contributed by atoms with van der Waals surface area (Å²) in [7, 11) is 0. The van der Waals surface area contributed by atoms with Gasteiger partial charge in [-0.3, -0.25) is 9.69 Å². The molecule has 0 aromatic carbocycles. The average Bonchev–Trinajstić information content (AvgIpc) is 3.09. The normalized spacial score (nSPS) is 35.6. The molecule has 0 saturated carbocycles. The maximum absolute atomic E-state index is 12.6. The Morgan fingerprint density at radius 1 is 1.10 bits per heavy atom. The van der Waals surface area contributed by atoms with E-state index in [1.807, 2.05) is 0 Å². The van der Waals surface area contributed by atoms with Gasteiger partial charge in [0, 0.05) is 24.7 Å². The smallest absolute Gasteiger partial charge is 0.236 e. The minimum absolute atomic E-state index is 0.363. The molecule has 3 saturated heterocycles. The number of likely N-dealkylation sites (tertiary alicyclic amines) is 2. The number of carbonyl (C=O) groups excluding carboxylic acids is 1. The SMILES string of the molecule is CC1CCCCN1C(=O)CN1CCCC1C1CCCN1. The lowest BCUT2D eigenvalue weighted by molar-refractivity contribution is -0.136. The summed E-state index contributed by atoms with van der Waals surface area (Å²) in [6.45, 7) is 6.09. The van der Waals surface area contributed by atoms with Crippen molar-refractivity contribution >= 4 is 5.91 Å². The Labute approximate surface area is 122 Å². The number of rotatable bonds is 3. The molecule has 4 heteroatoms. The molecule has 4 nitrogen and oxygen atoms in total. The molecule has 0 aromatic rings. The third-order valence-electron chi connectivity index (χ3n) is 5.44. The zero-order valence-corrected chi connectivity index (χ0v) is 12.8. The van der Waals surface area contributed by atoms with E-state index in [0.717, 1.165) is 19.6 Å². The molecule has 0 aliphatic carbocycles. The van der Waals surface area contributed by atoms with Crippen LogP contribution < -0.4 is 5.32 Å². The van der Waals surface area contributed by atoms with E-state index in [1.54, 1.807) is 0 Å². The van der Waals surface area contributed by atoms with Crippen LogP contribution in [0.15, 0.2) is 0 Å². The molecule has 3 aliphatic heterocycles. The second kappa shape index (κ2) is 6.44. The summed E-state index contributed by atoms with van der Waals surface area (Å²) in [6.07, 6.45) is 8.75. The molecule has 0 radical (unpaired) electrons. The van der Waals surface area contributed by atoms with Gasteiger partial charge in [0.05, 0.1) is 6.54 Å². The van der Waals surface area contributed by atoms with Crippen LogP contribution in [0.2, 0.25) is 0 Å². The van der Waals surface area contributed by atoms with Crippen molar-refractivity contribution < 1.29 is 4.79 Å². The third kappa shape index (κ3) is 3.01. The Morgan fingerprint density at radius 2 is 2.00 bits per heavy atom. The molecule has 20 heavy (non-hydrogen) atoms. The average molecular weight is 279 g/mol. The minimum Gasteiger partial charge on any atom is -0.339 e. The fourth-order valence-electron chi connectivity index (χ4n) is 4.28. The lowest BCUT2D eigenvalue weighted by Gasteiger charge is -2.36. The van der Waals surface area contributed by atoms with E-state index in [-0.39, 0.29) is 0 Å². The predicted octanol–water partition coefficient (Wildman–Crippen LogP) is 1.60. The van der Waals surface area contributed by atoms with Crippen molar-refractivity contribution in [2.45, 2.75) is 70.0 Å². The van der Waals surface area contributed by atoms with Gasteiger partial charge < -0.3 is 10.2 Å². The number of hydrogen-bond donors (Lipinski definition) is 1. The monoisotopic (exact) mass is 279 g/mol. The quantitative estimate of drug-likeness (QED) is 0.852. The Morgan fingerprint density at radius 3 is 2.75 bits per heavy atom. The first-order chi connectivity index (χ1) is 9.75. The van der Waals surface area contributed by atoms with Crippen LogP contribution in [-0.2, 0) is 4.79 Å². The van der Waals surface area contributed by atoms with Crippen LogP contribution in [0.1, 0.15) is 51.9 Å². The summed E-state index contributed by atoms with van der Waals surface area (Å²) < 4.78 is 0. The maximum Gasteiger partial charge on any atom is 0.236 e. The second-order valence-corrected chi connectivity index (χ2v) is 6.81. The van der Waals surface area contributed by atoms with Crippen LogP contribution in [0.5, 0.6) is 0 Å². The molecule has 114 valence electrons.